The van der Waals surface area contributed by atoms with Gasteiger partial charge in [-0.3, -0.25) is 9.78 Å². The minimum atomic E-state index is -0.260. The van der Waals surface area contributed by atoms with Gasteiger partial charge in [-0.2, -0.15) is 5.10 Å². The lowest BCUT2D eigenvalue weighted by molar-refractivity contribution is 0.102. The number of benzene rings is 1. The van der Waals surface area contributed by atoms with E-state index in [1.807, 2.05) is 36.4 Å². The molecule has 0 bridgehead atoms. The number of carbonyl (C=O) groups is 1. The third-order valence-electron chi connectivity index (χ3n) is 4.10. The van der Waals surface area contributed by atoms with Crippen LogP contribution in [0.2, 0.25) is 5.02 Å². The maximum absolute atomic E-state index is 13.0. The number of halogens is 1. The number of nitrogens with zero attached hydrogens (tertiary/aromatic N) is 4. The second-order valence-corrected chi connectivity index (χ2v) is 7.51. The summed E-state index contributed by atoms with van der Waals surface area (Å²) in [4.78, 5) is 22.2. The van der Waals surface area contributed by atoms with Crippen molar-refractivity contribution in [3.8, 4) is 0 Å². The number of rotatable bonds is 6. The minimum Gasteiger partial charge on any atom is -0.307 e. The topological polar surface area (TPSA) is 72.7 Å². The van der Waals surface area contributed by atoms with Crippen molar-refractivity contribution >= 4 is 35.1 Å². The van der Waals surface area contributed by atoms with Crippen molar-refractivity contribution in [3.05, 3.63) is 95.5 Å². The smallest absolute Gasteiger partial charge is 0.259 e. The van der Waals surface area contributed by atoms with Gasteiger partial charge in [-0.15, -0.1) is 0 Å². The van der Waals surface area contributed by atoms with E-state index in [2.05, 4.69) is 20.4 Å². The van der Waals surface area contributed by atoms with Crippen LogP contribution in [0.1, 0.15) is 15.9 Å². The summed E-state index contributed by atoms with van der Waals surface area (Å²) in [5.74, 6) is 0.341. The van der Waals surface area contributed by atoms with Gasteiger partial charge in [0.25, 0.3) is 5.91 Å². The maximum Gasteiger partial charge on any atom is 0.259 e. The van der Waals surface area contributed by atoms with Gasteiger partial charge >= 0.3 is 0 Å². The van der Waals surface area contributed by atoms with Crippen molar-refractivity contribution in [1.29, 1.82) is 0 Å². The Balaban J connectivity index is 1.55. The highest BCUT2D eigenvalue weighted by atomic mass is 35.5. The van der Waals surface area contributed by atoms with Crippen LogP contribution in [0.5, 0.6) is 0 Å². The molecule has 6 nitrogen and oxygen atoms in total. The first-order valence-electron chi connectivity index (χ1n) is 8.80. The number of carbonyl (C=O) groups excluding carboxylic acids is 1. The molecule has 4 rings (SSSR count). The van der Waals surface area contributed by atoms with Crippen LogP contribution < -0.4 is 5.32 Å². The Morgan fingerprint density at radius 1 is 1.00 bits per heavy atom. The van der Waals surface area contributed by atoms with Gasteiger partial charge in [-0.25, -0.2) is 9.67 Å². The lowest BCUT2D eigenvalue weighted by Crippen LogP contribution is -2.17. The zero-order chi connectivity index (χ0) is 20.1. The van der Waals surface area contributed by atoms with Crippen molar-refractivity contribution in [2.75, 3.05) is 5.32 Å². The third kappa shape index (κ3) is 4.64. The summed E-state index contributed by atoms with van der Waals surface area (Å²) in [6, 6.07) is 16.5. The number of pyridine rings is 2. The molecule has 144 valence electrons. The molecule has 4 aromatic rings. The van der Waals surface area contributed by atoms with Gasteiger partial charge < -0.3 is 5.32 Å². The first-order chi connectivity index (χ1) is 14.2. The first-order valence-corrected chi connectivity index (χ1v) is 9.99. The molecule has 29 heavy (non-hydrogen) atoms. The summed E-state index contributed by atoms with van der Waals surface area (Å²) in [7, 11) is 0. The number of amides is 1. The lowest BCUT2D eigenvalue weighted by atomic mass is 10.2. The fraction of sp³-hybridized carbons (Fsp3) is 0.0476. The number of hydrogen-bond donors (Lipinski definition) is 1. The molecule has 0 saturated carbocycles. The zero-order valence-corrected chi connectivity index (χ0v) is 16.8. The summed E-state index contributed by atoms with van der Waals surface area (Å²) in [5, 5.41) is 8.43. The van der Waals surface area contributed by atoms with Crippen molar-refractivity contribution in [2.45, 2.75) is 16.5 Å². The highest BCUT2D eigenvalue weighted by Crippen LogP contribution is 2.33. The average Bonchev–Trinajstić information content (AvgIpc) is 3.17. The van der Waals surface area contributed by atoms with Gasteiger partial charge in [0.2, 0.25) is 0 Å². The minimum absolute atomic E-state index is 0.260. The van der Waals surface area contributed by atoms with E-state index in [0.717, 1.165) is 10.5 Å². The second-order valence-electron chi connectivity index (χ2n) is 6.07. The van der Waals surface area contributed by atoms with Gasteiger partial charge in [0.05, 0.1) is 23.3 Å². The van der Waals surface area contributed by atoms with Crippen LogP contribution in [0.25, 0.3) is 0 Å². The number of anilines is 1. The molecule has 1 amide bonds. The maximum atomic E-state index is 13.0. The van der Waals surface area contributed by atoms with E-state index in [1.54, 1.807) is 47.7 Å². The Hall–Kier alpha value is -3.16. The van der Waals surface area contributed by atoms with Crippen LogP contribution in [-0.2, 0) is 6.54 Å². The first kappa shape index (κ1) is 19.2. The summed E-state index contributed by atoms with van der Waals surface area (Å²) in [6.45, 7) is 0.527. The van der Waals surface area contributed by atoms with Crippen molar-refractivity contribution < 1.29 is 4.79 Å². The second kappa shape index (κ2) is 8.89. The van der Waals surface area contributed by atoms with Gasteiger partial charge in [0.15, 0.2) is 0 Å². The van der Waals surface area contributed by atoms with Crippen molar-refractivity contribution in [1.82, 2.24) is 19.7 Å². The standard InChI is InChI=1S/C21H16ClN5OS/c22-17-5-1-2-6-18(17)29-21-16(4-3-10-24-21)20(28)26-19-9-13-25-27(19)14-15-7-11-23-12-8-15/h1-13H,14H2,(H,26,28). The Morgan fingerprint density at radius 2 is 1.83 bits per heavy atom. The van der Waals surface area contributed by atoms with Crippen LogP contribution in [0.4, 0.5) is 5.82 Å². The molecule has 0 unspecified atom stereocenters. The fourth-order valence-electron chi connectivity index (χ4n) is 2.69. The van der Waals surface area contributed by atoms with Crippen LogP contribution in [-0.4, -0.2) is 25.7 Å². The molecule has 3 heterocycles. The molecular weight excluding hydrogens is 406 g/mol. The molecule has 3 aromatic heterocycles. The van der Waals surface area contributed by atoms with Gasteiger partial charge in [0.1, 0.15) is 10.8 Å². The quantitative estimate of drug-likeness (QED) is 0.485. The molecule has 0 fully saturated rings. The van der Waals surface area contributed by atoms with E-state index in [1.165, 1.54) is 11.8 Å². The van der Waals surface area contributed by atoms with Crippen LogP contribution >= 0.6 is 23.4 Å². The Kier molecular flexibility index (Phi) is 5.88. The normalized spacial score (nSPS) is 10.7. The van der Waals surface area contributed by atoms with E-state index < -0.39 is 0 Å². The lowest BCUT2D eigenvalue weighted by Gasteiger charge is -2.11. The Morgan fingerprint density at radius 3 is 2.66 bits per heavy atom. The highest BCUT2D eigenvalue weighted by Gasteiger charge is 2.16. The molecular formula is C21H16ClN5OS. The summed E-state index contributed by atoms with van der Waals surface area (Å²) in [5.41, 5.74) is 1.50. The average molecular weight is 422 g/mol. The van der Waals surface area contributed by atoms with E-state index in [0.29, 0.717) is 28.0 Å². The third-order valence-corrected chi connectivity index (χ3v) is 5.64. The summed E-state index contributed by atoms with van der Waals surface area (Å²) >= 11 is 7.61. The summed E-state index contributed by atoms with van der Waals surface area (Å²) in [6.07, 6.45) is 6.76. The molecule has 8 heteroatoms. The van der Waals surface area contributed by atoms with Gasteiger partial charge in [0, 0.05) is 29.6 Å². The van der Waals surface area contributed by atoms with Crippen molar-refractivity contribution in [3.63, 3.8) is 0 Å². The SMILES string of the molecule is O=C(Nc1ccnn1Cc1ccncc1)c1cccnc1Sc1ccccc1Cl. The number of aromatic nitrogens is 4. The van der Waals surface area contributed by atoms with Gasteiger partial charge in [-0.1, -0.05) is 35.5 Å². The fourth-order valence-corrected chi connectivity index (χ4v) is 3.84. The molecule has 0 saturated heterocycles. The molecule has 1 N–H and O–H groups in total. The zero-order valence-electron chi connectivity index (χ0n) is 15.2. The number of nitrogens with one attached hydrogen (secondary N) is 1. The molecule has 0 aliphatic heterocycles. The van der Waals surface area contributed by atoms with E-state index in [9.17, 15) is 4.79 Å². The monoisotopic (exact) mass is 421 g/mol. The molecule has 0 spiro atoms. The van der Waals surface area contributed by atoms with Gasteiger partial charge in [-0.05, 0) is 42.0 Å². The van der Waals surface area contributed by atoms with E-state index in [-0.39, 0.29) is 5.91 Å². The Bertz CT molecular complexity index is 1130. The predicted molar refractivity (Wildman–Crippen MR) is 113 cm³/mol. The van der Waals surface area contributed by atoms with Crippen LogP contribution in [0.15, 0.2) is 89.3 Å². The van der Waals surface area contributed by atoms with Crippen molar-refractivity contribution in [2.24, 2.45) is 0 Å². The largest absolute Gasteiger partial charge is 0.307 e. The molecule has 1 aromatic carbocycles. The molecule has 0 aliphatic rings. The van der Waals surface area contributed by atoms with Crippen LogP contribution in [0, 0.1) is 0 Å². The van der Waals surface area contributed by atoms with E-state index in [4.69, 9.17) is 11.6 Å². The predicted octanol–water partition coefficient (Wildman–Crippen LogP) is 4.78. The Labute approximate surface area is 177 Å². The highest BCUT2D eigenvalue weighted by molar-refractivity contribution is 7.99. The number of hydrogen-bond acceptors (Lipinski definition) is 5. The van der Waals surface area contributed by atoms with E-state index >= 15 is 0 Å². The molecule has 0 aliphatic carbocycles. The molecule has 0 radical (unpaired) electrons. The summed E-state index contributed by atoms with van der Waals surface area (Å²) < 4.78 is 1.73. The molecule has 0 atom stereocenters. The van der Waals surface area contributed by atoms with Crippen LogP contribution in [0.3, 0.4) is 0 Å².